The quantitative estimate of drug-likeness (QED) is 0.156. The van der Waals surface area contributed by atoms with Crippen LogP contribution in [0.15, 0.2) is 40.5 Å². The molecule has 0 unspecified atom stereocenters. The molecule has 0 aromatic heterocycles. The smallest absolute Gasteiger partial charge is 0.360 e. The Morgan fingerprint density at radius 3 is 2.69 bits per heavy atom. The van der Waals surface area contributed by atoms with E-state index in [1.807, 2.05) is 6.07 Å². The van der Waals surface area contributed by atoms with Crippen molar-refractivity contribution in [3.05, 3.63) is 40.8 Å². The Kier molecular flexibility index (Phi) is 4.36. The number of methoxy groups -OCH3 is 1. The maximum atomic E-state index is 11.1. The first kappa shape index (κ1) is 11.5. The second-order valence-corrected chi connectivity index (χ2v) is 2.59. The normalized spacial score (nSPS) is 10.2. The number of hydrazone groups is 1. The second-order valence-electron chi connectivity index (χ2n) is 2.59. The van der Waals surface area contributed by atoms with Crippen molar-refractivity contribution < 1.29 is 9.53 Å². The van der Waals surface area contributed by atoms with Gasteiger partial charge >= 0.3 is 5.97 Å². The number of carbonyl (C=O) groups excluding carboxylic acids is 1. The standard InChI is InChI=1S/C9H9N5O2/c1-16-9(15)8(13-14-10)12-11-7-5-3-2-4-6-7/h2-6,11H,1H3/b12-8+. The summed E-state index contributed by atoms with van der Waals surface area (Å²) >= 11 is 0. The van der Waals surface area contributed by atoms with Crippen molar-refractivity contribution >= 4 is 17.5 Å². The Labute approximate surface area is 91.4 Å². The predicted octanol–water partition coefficient (Wildman–Crippen LogP) is 1.90. The Morgan fingerprint density at radius 1 is 1.44 bits per heavy atom. The van der Waals surface area contributed by atoms with Gasteiger partial charge in [0.15, 0.2) is 0 Å². The zero-order valence-electron chi connectivity index (χ0n) is 8.49. The summed E-state index contributed by atoms with van der Waals surface area (Å²) in [5.74, 6) is -1.19. The second kappa shape index (κ2) is 6.05. The van der Waals surface area contributed by atoms with Crippen LogP contribution in [0.1, 0.15) is 0 Å². The number of hydrogen-bond acceptors (Lipinski definition) is 4. The highest BCUT2D eigenvalue weighted by Gasteiger charge is 2.08. The maximum Gasteiger partial charge on any atom is 0.360 e. The molecule has 7 nitrogen and oxygen atoms in total. The number of rotatable bonds is 2. The molecule has 0 atom stereocenters. The van der Waals surface area contributed by atoms with E-state index in [1.165, 1.54) is 7.11 Å². The third kappa shape index (κ3) is 3.32. The average molecular weight is 219 g/mol. The highest BCUT2D eigenvalue weighted by molar-refractivity contribution is 6.35. The predicted molar refractivity (Wildman–Crippen MR) is 58.7 cm³/mol. The van der Waals surface area contributed by atoms with E-state index < -0.39 is 5.97 Å². The monoisotopic (exact) mass is 219 g/mol. The molecule has 16 heavy (non-hydrogen) atoms. The van der Waals surface area contributed by atoms with Crippen molar-refractivity contribution in [3.63, 3.8) is 0 Å². The molecule has 7 heteroatoms. The lowest BCUT2D eigenvalue weighted by atomic mass is 10.3. The van der Waals surface area contributed by atoms with Crippen LogP contribution in [0.3, 0.4) is 0 Å². The van der Waals surface area contributed by atoms with Crippen LogP contribution in [0.5, 0.6) is 0 Å². The number of nitrogens with one attached hydrogen (secondary N) is 1. The van der Waals surface area contributed by atoms with Gasteiger partial charge in [0.05, 0.1) is 12.8 Å². The summed E-state index contributed by atoms with van der Waals surface area (Å²) in [6.45, 7) is 0. The van der Waals surface area contributed by atoms with Crippen LogP contribution in [0, 0.1) is 0 Å². The maximum absolute atomic E-state index is 11.1. The number of anilines is 1. The van der Waals surface area contributed by atoms with Gasteiger partial charge in [0, 0.05) is 4.91 Å². The fourth-order valence-electron chi connectivity index (χ4n) is 0.873. The summed E-state index contributed by atoms with van der Waals surface area (Å²) in [6.07, 6.45) is 0. The van der Waals surface area contributed by atoms with Gasteiger partial charge in [0.1, 0.15) is 0 Å². The van der Waals surface area contributed by atoms with Crippen molar-refractivity contribution in [3.8, 4) is 0 Å². The van der Waals surface area contributed by atoms with E-state index in [2.05, 4.69) is 25.3 Å². The summed E-state index contributed by atoms with van der Waals surface area (Å²) in [4.78, 5) is 13.5. The zero-order valence-corrected chi connectivity index (χ0v) is 8.49. The Balaban J connectivity index is 2.80. The van der Waals surface area contributed by atoms with Gasteiger partial charge in [-0.2, -0.15) is 5.10 Å². The largest absolute Gasteiger partial charge is 0.464 e. The number of esters is 1. The van der Waals surface area contributed by atoms with Crippen molar-refractivity contribution in [2.24, 2.45) is 10.2 Å². The van der Waals surface area contributed by atoms with E-state index in [0.717, 1.165) is 0 Å². The molecule has 0 spiro atoms. The van der Waals surface area contributed by atoms with Crippen molar-refractivity contribution in [2.75, 3.05) is 12.5 Å². The molecule has 1 aromatic rings. The number of amidine groups is 1. The number of azide groups is 1. The molecular weight excluding hydrogens is 210 g/mol. The van der Waals surface area contributed by atoms with Gasteiger partial charge in [0.2, 0.25) is 5.84 Å². The van der Waals surface area contributed by atoms with Crippen LogP contribution in [0.25, 0.3) is 10.4 Å². The molecule has 0 fully saturated rings. The van der Waals surface area contributed by atoms with E-state index in [9.17, 15) is 4.79 Å². The molecule has 1 aromatic carbocycles. The first-order chi connectivity index (χ1) is 7.77. The summed E-state index contributed by atoms with van der Waals surface area (Å²) in [6, 6.07) is 8.92. The topological polar surface area (TPSA) is 99.5 Å². The van der Waals surface area contributed by atoms with Crippen LogP contribution in [-0.2, 0) is 9.53 Å². The van der Waals surface area contributed by atoms with Crippen LogP contribution in [0.4, 0.5) is 5.69 Å². The van der Waals surface area contributed by atoms with Gasteiger partial charge in [-0.15, -0.1) is 0 Å². The van der Waals surface area contributed by atoms with Gasteiger partial charge in [0.25, 0.3) is 0 Å². The number of hydrogen-bond donors (Lipinski definition) is 1. The Hall–Kier alpha value is -2.53. The summed E-state index contributed by atoms with van der Waals surface area (Å²) in [7, 11) is 1.17. The van der Waals surface area contributed by atoms with E-state index in [1.54, 1.807) is 24.3 Å². The molecule has 0 saturated heterocycles. The summed E-state index contributed by atoms with van der Waals surface area (Å²) in [5.41, 5.74) is 11.5. The first-order valence-corrected chi connectivity index (χ1v) is 4.30. The first-order valence-electron chi connectivity index (χ1n) is 4.30. The van der Waals surface area contributed by atoms with Crippen molar-refractivity contribution in [2.45, 2.75) is 0 Å². The third-order valence-corrected chi connectivity index (χ3v) is 1.57. The molecule has 0 aliphatic rings. The fraction of sp³-hybridized carbons (Fsp3) is 0.111. The fourth-order valence-corrected chi connectivity index (χ4v) is 0.873. The lowest BCUT2D eigenvalue weighted by molar-refractivity contribution is -0.132. The van der Waals surface area contributed by atoms with Crippen molar-refractivity contribution in [1.82, 2.24) is 0 Å². The Bertz CT molecular complexity index is 436. The van der Waals surface area contributed by atoms with Crippen LogP contribution >= 0.6 is 0 Å². The number of ether oxygens (including phenoxy) is 1. The minimum atomic E-state index is -0.804. The number of para-hydroxylation sites is 1. The molecule has 0 saturated carbocycles. The third-order valence-electron chi connectivity index (χ3n) is 1.57. The molecule has 1 rings (SSSR count). The van der Waals surface area contributed by atoms with E-state index in [0.29, 0.717) is 5.69 Å². The number of carbonyl (C=O) groups is 1. The van der Waals surface area contributed by atoms with Gasteiger partial charge in [-0.25, -0.2) is 4.79 Å². The van der Waals surface area contributed by atoms with E-state index in [-0.39, 0.29) is 5.84 Å². The van der Waals surface area contributed by atoms with Crippen molar-refractivity contribution in [1.29, 1.82) is 0 Å². The van der Waals surface area contributed by atoms with E-state index >= 15 is 0 Å². The van der Waals surface area contributed by atoms with Crippen LogP contribution in [0.2, 0.25) is 0 Å². The molecule has 1 N–H and O–H groups in total. The molecule has 0 radical (unpaired) electrons. The molecular formula is C9H9N5O2. The van der Waals surface area contributed by atoms with Crippen LogP contribution < -0.4 is 5.43 Å². The molecule has 82 valence electrons. The zero-order chi connectivity index (χ0) is 11.8. The minimum Gasteiger partial charge on any atom is -0.464 e. The minimum absolute atomic E-state index is 0.381. The highest BCUT2D eigenvalue weighted by Crippen LogP contribution is 2.04. The average Bonchev–Trinajstić information content (AvgIpc) is 2.34. The highest BCUT2D eigenvalue weighted by atomic mass is 16.5. The van der Waals surface area contributed by atoms with Gasteiger partial charge in [-0.3, -0.25) is 5.43 Å². The molecule has 0 bridgehead atoms. The molecule has 0 aliphatic heterocycles. The summed E-state index contributed by atoms with van der Waals surface area (Å²) < 4.78 is 4.38. The molecule has 0 amide bonds. The van der Waals surface area contributed by atoms with Gasteiger partial charge in [-0.1, -0.05) is 18.2 Å². The number of nitrogens with zero attached hydrogens (tertiary/aromatic N) is 4. The SMILES string of the molecule is COC(=O)/C(N=[N+]=[N-])=N\Nc1ccccc1. The van der Waals surface area contributed by atoms with Crippen LogP contribution in [-0.4, -0.2) is 18.9 Å². The molecule has 0 heterocycles. The van der Waals surface area contributed by atoms with E-state index in [4.69, 9.17) is 5.53 Å². The van der Waals surface area contributed by atoms with Gasteiger partial charge < -0.3 is 4.74 Å². The number of benzene rings is 1. The summed E-state index contributed by atoms with van der Waals surface area (Å²) in [5, 5.41) is 6.73. The Morgan fingerprint density at radius 2 is 2.12 bits per heavy atom. The lowest BCUT2D eigenvalue weighted by Gasteiger charge is -2.00. The molecule has 0 aliphatic carbocycles. The van der Waals surface area contributed by atoms with Gasteiger partial charge in [-0.05, 0) is 22.8 Å². The lowest BCUT2D eigenvalue weighted by Crippen LogP contribution is -2.14.